The van der Waals surface area contributed by atoms with E-state index in [1.165, 1.54) is 5.57 Å². The molecule has 2 aromatic rings. The Kier molecular flexibility index (Phi) is 4.74. The highest BCUT2D eigenvalue weighted by atomic mass is 16.2. The molecule has 3 heterocycles. The van der Waals surface area contributed by atoms with Crippen LogP contribution in [0.5, 0.6) is 0 Å². The minimum absolute atomic E-state index is 0.207. The number of nitrogens with zero attached hydrogens (tertiary/aromatic N) is 3. The molecule has 1 unspecified atom stereocenters. The summed E-state index contributed by atoms with van der Waals surface area (Å²) in [6.45, 7) is 8.04. The zero-order valence-corrected chi connectivity index (χ0v) is 15.0. The number of carbonyl (C=O) groups excluding carboxylic acids is 1. The molecule has 24 heavy (non-hydrogen) atoms. The number of fused-ring (bicyclic) bond motifs is 1. The van der Waals surface area contributed by atoms with Gasteiger partial charge < -0.3 is 9.30 Å². The van der Waals surface area contributed by atoms with Crippen molar-refractivity contribution in [3.05, 3.63) is 47.9 Å². The predicted octanol–water partition coefficient (Wildman–Crippen LogP) is 4.21. The number of carbonyl (C=O) groups is 1. The van der Waals surface area contributed by atoms with Crippen LogP contribution in [0.15, 0.2) is 42.2 Å². The van der Waals surface area contributed by atoms with Gasteiger partial charge in [-0.3, -0.25) is 4.79 Å². The van der Waals surface area contributed by atoms with E-state index >= 15 is 0 Å². The van der Waals surface area contributed by atoms with Gasteiger partial charge in [-0.1, -0.05) is 24.6 Å². The van der Waals surface area contributed by atoms with Gasteiger partial charge in [-0.15, -0.1) is 0 Å². The van der Waals surface area contributed by atoms with Crippen LogP contribution < -0.4 is 0 Å². The van der Waals surface area contributed by atoms with E-state index in [1.807, 2.05) is 39.9 Å². The van der Waals surface area contributed by atoms with Gasteiger partial charge in [0.1, 0.15) is 5.65 Å². The van der Waals surface area contributed by atoms with Crippen LogP contribution in [-0.4, -0.2) is 26.7 Å². The molecule has 1 amide bonds. The number of rotatable bonds is 5. The van der Waals surface area contributed by atoms with Crippen LogP contribution in [0.3, 0.4) is 0 Å². The standard InChI is InChI=1S/C20H27N3O/c1-16(2)7-6-10-20(3)11-9-19(24)23(15-20)14-17-13-22-12-5-4-8-18(22)21-17/h4-5,7-8,12-13H,6,9-11,14-15H2,1-3H3. The zero-order valence-electron chi connectivity index (χ0n) is 15.0. The third-order valence-corrected chi connectivity index (χ3v) is 4.93. The quantitative estimate of drug-likeness (QED) is 0.772. The summed E-state index contributed by atoms with van der Waals surface area (Å²) in [6, 6.07) is 5.97. The predicted molar refractivity (Wildman–Crippen MR) is 96.6 cm³/mol. The SMILES string of the molecule is CC(C)=CCCC1(C)CCC(=O)N(Cc2cn3ccccc3n2)C1. The van der Waals surface area contributed by atoms with Gasteiger partial charge in [0, 0.05) is 25.4 Å². The molecular formula is C20H27N3O. The van der Waals surface area contributed by atoms with E-state index in [9.17, 15) is 4.79 Å². The molecule has 4 heteroatoms. The van der Waals surface area contributed by atoms with Crippen molar-refractivity contribution in [3.8, 4) is 0 Å². The Morgan fingerprint density at radius 3 is 2.96 bits per heavy atom. The molecule has 1 saturated heterocycles. The van der Waals surface area contributed by atoms with Gasteiger partial charge in [0.25, 0.3) is 0 Å². The van der Waals surface area contributed by atoms with Crippen molar-refractivity contribution in [1.82, 2.24) is 14.3 Å². The summed E-state index contributed by atoms with van der Waals surface area (Å²) in [4.78, 5) is 19.0. The number of likely N-dealkylation sites (tertiary alicyclic amines) is 1. The summed E-state index contributed by atoms with van der Waals surface area (Å²) < 4.78 is 2.01. The topological polar surface area (TPSA) is 37.6 Å². The molecule has 1 aliphatic rings. The molecule has 1 fully saturated rings. The molecule has 0 saturated carbocycles. The van der Waals surface area contributed by atoms with Crippen LogP contribution in [-0.2, 0) is 11.3 Å². The maximum Gasteiger partial charge on any atom is 0.222 e. The Balaban J connectivity index is 1.69. The molecule has 3 rings (SSSR count). The van der Waals surface area contributed by atoms with Crippen LogP contribution in [0.1, 0.15) is 52.1 Å². The second kappa shape index (κ2) is 6.80. The van der Waals surface area contributed by atoms with E-state index < -0.39 is 0 Å². The number of hydrogen-bond acceptors (Lipinski definition) is 2. The van der Waals surface area contributed by atoms with Gasteiger partial charge in [-0.25, -0.2) is 4.98 Å². The normalized spacial score (nSPS) is 21.3. The second-order valence-corrected chi connectivity index (χ2v) is 7.58. The molecule has 0 bridgehead atoms. The van der Waals surface area contributed by atoms with Crippen LogP contribution in [0.4, 0.5) is 0 Å². The Labute approximate surface area is 144 Å². The fourth-order valence-electron chi connectivity index (χ4n) is 3.51. The molecule has 2 aromatic heterocycles. The van der Waals surface area contributed by atoms with E-state index in [1.54, 1.807) is 0 Å². The first-order valence-electron chi connectivity index (χ1n) is 8.79. The minimum atomic E-state index is 0.207. The Morgan fingerprint density at radius 1 is 1.38 bits per heavy atom. The first kappa shape index (κ1) is 16.7. The summed E-state index contributed by atoms with van der Waals surface area (Å²) >= 11 is 0. The van der Waals surface area contributed by atoms with E-state index in [2.05, 4.69) is 31.8 Å². The molecule has 0 aromatic carbocycles. The summed E-state index contributed by atoms with van der Waals surface area (Å²) in [5.41, 5.74) is 3.47. The molecule has 4 nitrogen and oxygen atoms in total. The zero-order chi connectivity index (χ0) is 17.2. The lowest BCUT2D eigenvalue weighted by molar-refractivity contribution is -0.138. The third kappa shape index (κ3) is 3.86. The first-order valence-corrected chi connectivity index (χ1v) is 8.79. The Hall–Kier alpha value is -2.10. The number of imidazole rings is 1. The van der Waals surface area contributed by atoms with Crippen molar-refractivity contribution in [2.45, 2.75) is 53.0 Å². The third-order valence-electron chi connectivity index (χ3n) is 4.93. The molecule has 0 spiro atoms. The highest BCUT2D eigenvalue weighted by Gasteiger charge is 2.34. The number of aromatic nitrogens is 2. The van der Waals surface area contributed by atoms with Crippen LogP contribution in [0.25, 0.3) is 5.65 Å². The van der Waals surface area contributed by atoms with E-state index in [-0.39, 0.29) is 11.3 Å². The summed E-state index contributed by atoms with van der Waals surface area (Å²) in [7, 11) is 0. The lowest BCUT2D eigenvalue weighted by atomic mass is 9.77. The smallest absolute Gasteiger partial charge is 0.222 e. The molecule has 1 atom stereocenters. The van der Waals surface area contributed by atoms with E-state index in [0.29, 0.717) is 13.0 Å². The molecule has 0 radical (unpaired) electrons. The van der Waals surface area contributed by atoms with Gasteiger partial charge in [0.2, 0.25) is 5.91 Å². The molecule has 128 valence electrons. The fourth-order valence-corrected chi connectivity index (χ4v) is 3.51. The largest absolute Gasteiger partial charge is 0.336 e. The number of allylic oxidation sites excluding steroid dienone is 2. The van der Waals surface area contributed by atoms with Crippen molar-refractivity contribution >= 4 is 11.6 Å². The number of hydrogen-bond donors (Lipinski definition) is 0. The highest BCUT2D eigenvalue weighted by molar-refractivity contribution is 5.77. The summed E-state index contributed by atoms with van der Waals surface area (Å²) in [5.74, 6) is 0.256. The minimum Gasteiger partial charge on any atom is -0.336 e. The van der Waals surface area contributed by atoms with Crippen LogP contribution in [0.2, 0.25) is 0 Å². The molecular weight excluding hydrogens is 298 g/mol. The van der Waals surface area contributed by atoms with Crippen molar-refractivity contribution < 1.29 is 4.79 Å². The maximum absolute atomic E-state index is 12.4. The van der Waals surface area contributed by atoms with Gasteiger partial charge in [0.15, 0.2) is 0 Å². The van der Waals surface area contributed by atoms with E-state index in [4.69, 9.17) is 0 Å². The Morgan fingerprint density at radius 2 is 2.21 bits per heavy atom. The van der Waals surface area contributed by atoms with Gasteiger partial charge >= 0.3 is 0 Å². The van der Waals surface area contributed by atoms with Crippen molar-refractivity contribution in [1.29, 1.82) is 0 Å². The lowest BCUT2D eigenvalue weighted by Gasteiger charge is -2.40. The lowest BCUT2D eigenvalue weighted by Crippen LogP contribution is -2.44. The Bertz CT molecular complexity index is 724. The van der Waals surface area contributed by atoms with Gasteiger partial charge in [-0.2, -0.15) is 0 Å². The number of amides is 1. The van der Waals surface area contributed by atoms with Crippen LogP contribution in [0, 0.1) is 5.41 Å². The average molecular weight is 325 g/mol. The van der Waals surface area contributed by atoms with Crippen molar-refractivity contribution in [2.75, 3.05) is 6.54 Å². The molecule has 0 N–H and O–H groups in total. The highest BCUT2D eigenvalue weighted by Crippen LogP contribution is 2.35. The number of piperidine rings is 1. The number of pyridine rings is 1. The monoisotopic (exact) mass is 325 g/mol. The van der Waals surface area contributed by atoms with Crippen molar-refractivity contribution in [3.63, 3.8) is 0 Å². The summed E-state index contributed by atoms with van der Waals surface area (Å²) in [5, 5.41) is 0. The van der Waals surface area contributed by atoms with E-state index in [0.717, 1.165) is 37.1 Å². The molecule has 1 aliphatic heterocycles. The fraction of sp³-hybridized carbons (Fsp3) is 0.500. The summed E-state index contributed by atoms with van der Waals surface area (Å²) in [6.07, 6.45) is 10.2. The van der Waals surface area contributed by atoms with Crippen LogP contribution >= 0.6 is 0 Å². The molecule has 0 aliphatic carbocycles. The van der Waals surface area contributed by atoms with Gasteiger partial charge in [-0.05, 0) is 50.7 Å². The van der Waals surface area contributed by atoms with Gasteiger partial charge in [0.05, 0.1) is 12.2 Å². The second-order valence-electron chi connectivity index (χ2n) is 7.58. The first-order chi connectivity index (χ1) is 11.5. The average Bonchev–Trinajstić information content (AvgIpc) is 2.93. The maximum atomic E-state index is 12.4. The van der Waals surface area contributed by atoms with Crippen molar-refractivity contribution in [2.24, 2.45) is 5.41 Å².